The number of nitrogens with two attached hydrogens (primary N) is 1. The quantitative estimate of drug-likeness (QED) is 0.738. The molecule has 16 heavy (non-hydrogen) atoms. The van der Waals surface area contributed by atoms with Crippen molar-refractivity contribution in [1.29, 1.82) is 0 Å². The van der Waals surface area contributed by atoms with Crippen molar-refractivity contribution in [1.82, 2.24) is 9.97 Å². The van der Waals surface area contributed by atoms with Crippen LogP contribution in [0.15, 0.2) is 29.6 Å². The van der Waals surface area contributed by atoms with Gasteiger partial charge in [0.15, 0.2) is 0 Å². The van der Waals surface area contributed by atoms with Crippen LogP contribution in [0.1, 0.15) is 5.56 Å². The zero-order chi connectivity index (χ0) is 11.7. The molecule has 5 heteroatoms. The first kappa shape index (κ1) is 10.2. The van der Waals surface area contributed by atoms with Crippen LogP contribution in [0, 0.1) is 0 Å². The molecule has 0 aliphatic rings. The maximum absolute atomic E-state index is 11.5. The van der Waals surface area contributed by atoms with Crippen LogP contribution in [-0.4, -0.2) is 17.1 Å². The lowest BCUT2D eigenvalue weighted by molar-refractivity contribution is 0.371. The lowest BCUT2D eigenvalue weighted by Crippen LogP contribution is -2.11. The highest BCUT2D eigenvalue weighted by molar-refractivity contribution is 5.81. The third-order valence-corrected chi connectivity index (χ3v) is 2.29. The van der Waals surface area contributed by atoms with E-state index in [-0.39, 0.29) is 11.5 Å². The van der Waals surface area contributed by atoms with Crippen LogP contribution in [0.5, 0.6) is 0 Å². The number of aromatic amines is 1. The summed E-state index contributed by atoms with van der Waals surface area (Å²) < 4.78 is 5.01. The molecule has 0 unspecified atom stereocenters. The zero-order valence-corrected chi connectivity index (χ0v) is 8.78. The molecule has 0 spiro atoms. The smallest absolute Gasteiger partial charge is 0.260 e. The van der Waals surface area contributed by atoms with Crippen molar-refractivity contribution in [2.75, 3.05) is 12.8 Å². The SMILES string of the molecule is C=C(OC)c1ccc2c(=O)[nH]c(N)nc2c1. The van der Waals surface area contributed by atoms with E-state index in [0.717, 1.165) is 5.56 Å². The van der Waals surface area contributed by atoms with E-state index in [4.69, 9.17) is 10.5 Å². The summed E-state index contributed by atoms with van der Waals surface area (Å²) in [6.45, 7) is 3.73. The average molecular weight is 217 g/mol. The minimum Gasteiger partial charge on any atom is -0.497 e. The lowest BCUT2D eigenvalue weighted by atomic mass is 10.1. The number of fused-ring (bicyclic) bond motifs is 1. The molecule has 0 aliphatic carbocycles. The lowest BCUT2D eigenvalue weighted by Gasteiger charge is -2.05. The molecule has 1 aromatic carbocycles. The predicted octanol–water partition coefficient (Wildman–Crippen LogP) is 1.12. The number of nitrogens with one attached hydrogen (secondary N) is 1. The summed E-state index contributed by atoms with van der Waals surface area (Å²) in [5.41, 5.74) is 6.51. The zero-order valence-electron chi connectivity index (χ0n) is 8.78. The van der Waals surface area contributed by atoms with Crippen LogP contribution in [0.3, 0.4) is 0 Å². The largest absolute Gasteiger partial charge is 0.497 e. The molecule has 82 valence electrons. The Balaban J connectivity index is 2.71. The number of benzene rings is 1. The van der Waals surface area contributed by atoms with Crippen LogP contribution in [0.4, 0.5) is 5.95 Å². The Bertz CT molecular complexity index is 616. The van der Waals surface area contributed by atoms with Gasteiger partial charge in [0.2, 0.25) is 5.95 Å². The molecule has 0 amide bonds. The third kappa shape index (κ3) is 1.63. The number of aromatic nitrogens is 2. The molecule has 0 saturated heterocycles. The molecule has 2 aromatic rings. The Hall–Kier alpha value is -2.30. The first-order valence-corrected chi connectivity index (χ1v) is 4.64. The van der Waals surface area contributed by atoms with Gasteiger partial charge in [-0.05, 0) is 12.1 Å². The van der Waals surface area contributed by atoms with E-state index in [2.05, 4.69) is 16.5 Å². The maximum Gasteiger partial charge on any atom is 0.260 e. The molecule has 1 heterocycles. The van der Waals surface area contributed by atoms with Gasteiger partial charge in [-0.2, -0.15) is 0 Å². The summed E-state index contributed by atoms with van der Waals surface area (Å²) in [6, 6.07) is 5.13. The summed E-state index contributed by atoms with van der Waals surface area (Å²) in [5, 5.41) is 0.488. The van der Waals surface area contributed by atoms with Gasteiger partial charge in [0.1, 0.15) is 5.76 Å². The second-order valence-corrected chi connectivity index (χ2v) is 3.31. The molecule has 0 saturated carbocycles. The number of nitrogen functional groups attached to an aromatic ring is 1. The predicted molar refractivity (Wildman–Crippen MR) is 62.8 cm³/mol. The van der Waals surface area contributed by atoms with E-state index in [1.807, 2.05) is 0 Å². The summed E-state index contributed by atoms with van der Waals surface area (Å²) >= 11 is 0. The highest BCUT2D eigenvalue weighted by atomic mass is 16.5. The van der Waals surface area contributed by atoms with Crippen molar-refractivity contribution in [2.45, 2.75) is 0 Å². The molecule has 0 radical (unpaired) electrons. The van der Waals surface area contributed by atoms with E-state index in [1.54, 1.807) is 18.2 Å². The summed E-state index contributed by atoms with van der Waals surface area (Å²) in [5.74, 6) is 0.611. The number of methoxy groups -OCH3 is 1. The van der Waals surface area contributed by atoms with Gasteiger partial charge < -0.3 is 10.5 Å². The number of hydrogen-bond donors (Lipinski definition) is 2. The van der Waals surface area contributed by atoms with Gasteiger partial charge in [-0.15, -0.1) is 0 Å². The number of hydrogen-bond acceptors (Lipinski definition) is 4. The number of H-pyrrole nitrogens is 1. The van der Waals surface area contributed by atoms with Crippen LogP contribution < -0.4 is 11.3 Å². The number of nitrogens with zero attached hydrogens (tertiary/aromatic N) is 1. The van der Waals surface area contributed by atoms with Crippen molar-refractivity contribution >= 4 is 22.6 Å². The Morgan fingerprint density at radius 1 is 1.56 bits per heavy atom. The molecule has 0 bridgehead atoms. The Labute approximate surface area is 91.6 Å². The molecular weight excluding hydrogens is 206 g/mol. The molecule has 1 aromatic heterocycles. The highest BCUT2D eigenvalue weighted by Crippen LogP contribution is 2.17. The van der Waals surface area contributed by atoms with Gasteiger partial charge in [0.05, 0.1) is 18.0 Å². The van der Waals surface area contributed by atoms with Crippen molar-refractivity contribution in [2.24, 2.45) is 0 Å². The highest BCUT2D eigenvalue weighted by Gasteiger charge is 2.05. The fourth-order valence-corrected chi connectivity index (χ4v) is 1.45. The second-order valence-electron chi connectivity index (χ2n) is 3.31. The van der Waals surface area contributed by atoms with Crippen molar-refractivity contribution in [3.63, 3.8) is 0 Å². The van der Waals surface area contributed by atoms with Gasteiger partial charge in [0, 0.05) is 5.56 Å². The van der Waals surface area contributed by atoms with Gasteiger partial charge in [-0.25, -0.2) is 4.98 Å². The molecule has 2 rings (SSSR count). The summed E-state index contributed by atoms with van der Waals surface area (Å²) in [7, 11) is 1.53. The molecule has 5 nitrogen and oxygen atoms in total. The standard InChI is InChI=1S/C11H11N3O2/c1-6(16-2)7-3-4-8-9(5-7)13-11(12)14-10(8)15/h3-5H,1H2,2H3,(H3,12,13,14,15). The molecule has 0 fully saturated rings. The average Bonchev–Trinajstić information content (AvgIpc) is 2.27. The summed E-state index contributed by atoms with van der Waals surface area (Å²) in [6.07, 6.45) is 0. The number of ether oxygens (including phenoxy) is 1. The number of rotatable bonds is 2. The number of anilines is 1. The maximum atomic E-state index is 11.5. The van der Waals surface area contributed by atoms with Crippen LogP contribution in [0.2, 0.25) is 0 Å². The van der Waals surface area contributed by atoms with Gasteiger partial charge in [-0.3, -0.25) is 9.78 Å². The second kappa shape index (κ2) is 3.69. The van der Waals surface area contributed by atoms with Crippen LogP contribution in [-0.2, 0) is 4.74 Å². The topological polar surface area (TPSA) is 81.0 Å². The first-order chi connectivity index (χ1) is 7.61. The molecule has 0 aliphatic heterocycles. The minimum absolute atomic E-state index is 0.0951. The van der Waals surface area contributed by atoms with E-state index in [9.17, 15) is 4.79 Å². The Morgan fingerprint density at radius 2 is 2.31 bits per heavy atom. The molecular formula is C11H11N3O2. The van der Waals surface area contributed by atoms with Gasteiger partial charge >= 0.3 is 0 Å². The molecule has 0 atom stereocenters. The van der Waals surface area contributed by atoms with Gasteiger partial charge in [0.25, 0.3) is 5.56 Å². The van der Waals surface area contributed by atoms with Crippen LogP contribution in [0.25, 0.3) is 16.7 Å². The fourth-order valence-electron chi connectivity index (χ4n) is 1.45. The van der Waals surface area contributed by atoms with Crippen molar-refractivity contribution < 1.29 is 4.74 Å². The van der Waals surface area contributed by atoms with E-state index in [0.29, 0.717) is 16.7 Å². The minimum atomic E-state index is -0.253. The fraction of sp³-hybridized carbons (Fsp3) is 0.0909. The van der Waals surface area contributed by atoms with Gasteiger partial charge in [-0.1, -0.05) is 12.6 Å². The summed E-state index contributed by atoms with van der Waals surface area (Å²) in [4.78, 5) is 18.0. The van der Waals surface area contributed by atoms with E-state index in [1.165, 1.54) is 7.11 Å². The third-order valence-electron chi connectivity index (χ3n) is 2.29. The van der Waals surface area contributed by atoms with E-state index >= 15 is 0 Å². The monoisotopic (exact) mass is 217 g/mol. The van der Waals surface area contributed by atoms with Crippen LogP contribution >= 0.6 is 0 Å². The molecule has 3 N–H and O–H groups in total. The first-order valence-electron chi connectivity index (χ1n) is 4.64. The van der Waals surface area contributed by atoms with E-state index < -0.39 is 0 Å². The Kier molecular flexibility index (Phi) is 2.36. The van der Waals surface area contributed by atoms with Crippen molar-refractivity contribution in [3.8, 4) is 0 Å². The Morgan fingerprint density at radius 3 is 3.00 bits per heavy atom. The van der Waals surface area contributed by atoms with Crippen molar-refractivity contribution in [3.05, 3.63) is 40.7 Å². The normalized spacial score (nSPS) is 10.3.